The van der Waals surface area contributed by atoms with Crippen molar-refractivity contribution in [3.05, 3.63) is 24.3 Å². The number of nitrogens with two attached hydrogens (primary N) is 1. The Morgan fingerprint density at radius 2 is 2.07 bits per heavy atom. The summed E-state index contributed by atoms with van der Waals surface area (Å²) in [6, 6.07) is 8.26. The predicted octanol–water partition coefficient (Wildman–Crippen LogP) is 1.48. The van der Waals surface area contributed by atoms with Crippen molar-refractivity contribution < 1.29 is 4.74 Å². The van der Waals surface area contributed by atoms with Gasteiger partial charge in [-0.15, -0.1) is 0 Å². The third kappa shape index (κ3) is 2.17. The molecule has 0 spiro atoms. The summed E-state index contributed by atoms with van der Waals surface area (Å²) < 4.78 is 5.28. The van der Waals surface area contributed by atoms with Crippen LogP contribution in [0.25, 0.3) is 0 Å². The molecule has 3 nitrogen and oxygen atoms in total. The summed E-state index contributed by atoms with van der Waals surface area (Å²) in [5, 5.41) is 0. The van der Waals surface area contributed by atoms with Crippen molar-refractivity contribution in [2.24, 2.45) is 5.73 Å². The largest absolute Gasteiger partial charge is 0.495 e. The number of hydrogen-bond acceptors (Lipinski definition) is 3. The summed E-state index contributed by atoms with van der Waals surface area (Å²) in [6.07, 6.45) is 0. The third-order valence-corrected chi connectivity index (χ3v) is 2.47. The second kappa shape index (κ2) is 4.86. The number of methoxy groups -OCH3 is 1. The van der Waals surface area contributed by atoms with Crippen molar-refractivity contribution >= 4 is 5.69 Å². The molecule has 2 N–H and O–H groups in total. The number of hydrogen-bond donors (Lipinski definition) is 1. The Morgan fingerprint density at radius 1 is 1.43 bits per heavy atom. The normalized spacial score (nSPS) is 12.3. The molecule has 0 bridgehead atoms. The Morgan fingerprint density at radius 3 is 2.64 bits per heavy atom. The first-order chi connectivity index (χ1) is 6.70. The van der Waals surface area contributed by atoms with Crippen LogP contribution in [-0.2, 0) is 0 Å². The second-order valence-corrected chi connectivity index (χ2v) is 3.37. The van der Waals surface area contributed by atoms with Crippen LogP contribution in [0.3, 0.4) is 0 Å². The molecule has 1 aromatic rings. The highest BCUT2D eigenvalue weighted by Gasteiger charge is 2.11. The first-order valence-electron chi connectivity index (χ1n) is 4.76. The van der Waals surface area contributed by atoms with Crippen LogP contribution in [0.5, 0.6) is 5.75 Å². The van der Waals surface area contributed by atoms with Crippen LogP contribution in [0.1, 0.15) is 6.92 Å². The monoisotopic (exact) mass is 194 g/mol. The van der Waals surface area contributed by atoms with Crippen LogP contribution < -0.4 is 15.4 Å². The Kier molecular flexibility index (Phi) is 3.77. The van der Waals surface area contributed by atoms with E-state index in [4.69, 9.17) is 10.5 Å². The zero-order valence-corrected chi connectivity index (χ0v) is 9.03. The van der Waals surface area contributed by atoms with Gasteiger partial charge in [-0.1, -0.05) is 12.1 Å². The van der Waals surface area contributed by atoms with Gasteiger partial charge in [-0.05, 0) is 19.1 Å². The summed E-state index contributed by atoms with van der Waals surface area (Å²) >= 11 is 0. The van der Waals surface area contributed by atoms with Gasteiger partial charge in [0.15, 0.2) is 0 Å². The molecule has 1 aromatic carbocycles. The van der Waals surface area contributed by atoms with Gasteiger partial charge in [-0.25, -0.2) is 0 Å². The van der Waals surface area contributed by atoms with Crippen LogP contribution >= 0.6 is 0 Å². The lowest BCUT2D eigenvalue weighted by atomic mass is 10.2. The van der Waals surface area contributed by atoms with Crippen molar-refractivity contribution in [2.75, 3.05) is 25.6 Å². The molecular weight excluding hydrogens is 176 g/mol. The van der Waals surface area contributed by atoms with E-state index in [9.17, 15) is 0 Å². The fourth-order valence-corrected chi connectivity index (χ4v) is 1.32. The quantitative estimate of drug-likeness (QED) is 0.789. The molecule has 0 amide bonds. The Balaban J connectivity index is 2.93. The van der Waals surface area contributed by atoms with E-state index in [2.05, 4.69) is 11.8 Å². The Bertz CT molecular complexity index is 288. The molecule has 0 heterocycles. The van der Waals surface area contributed by atoms with Gasteiger partial charge in [-0.3, -0.25) is 0 Å². The lowest BCUT2D eigenvalue weighted by molar-refractivity contribution is 0.414. The Hall–Kier alpha value is -1.22. The van der Waals surface area contributed by atoms with E-state index in [1.54, 1.807) is 7.11 Å². The molecule has 0 fully saturated rings. The smallest absolute Gasteiger partial charge is 0.142 e. The lowest BCUT2D eigenvalue weighted by Crippen LogP contribution is -2.35. The van der Waals surface area contributed by atoms with Crippen molar-refractivity contribution in [3.8, 4) is 5.75 Å². The first kappa shape index (κ1) is 10.9. The van der Waals surface area contributed by atoms with E-state index < -0.39 is 0 Å². The fourth-order valence-electron chi connectivity index (χ4n) is 1.32. The van der Waals surface area contributed by atoms with Gasteiger partial charge < -0.3 is 15.4 Å². The minimum atomic E-state index is 0.311. The molecule has 1 rings (SSSR count). The maximum atomic E-state index is 5.62. The summed E-state index contributed by atoms with van der Waals surface area (Å²) in [5.41, 5.74) is 6.70. The molecule has 0 aliphatic heterocycles. The number of nitrogens with zero attached hydrogens (tertiary/aromatic N) is 1. The maximum Gasteiger partial charge on any atom is 0.142 e. The van der Waals surface area contributed by atoms with E-state index in [1.807, 2.05) is 31.3 Å². The van der Waals surface area contributed by atoms with Crippen LogP contribution in [-0.4, -0.2) is 26.7 Å². The highest BCUT2D eigenvalue weighted by Crippen LogP contribution is 2.27. The van der Waals surface area contributed by atoms with E-state index >= 15 is 0 Å². The molecule has 0 radical (unpaired) electrons. The molecule has 0 aliphatic carbocycles. The van der Waals surface area contributed by atoms with Gasteiger partial charge in [0.05, 0.1) is 12.8 Å². The Labute approximate surface area is 85.5 Å². The highest BCUT2D eigenvalue weighted by atomic mass is 16.5. The SMILES string of the molecule is COc1ccccc1N(C)C(C)CN. The number of para-hydroxylation sites is 2. The number of rotatable bonds is 4. The van der Waals surface area contributed by atoms with E-state index in [-0.39, 0.29) is 0 Å². The van der Waals surface area contributed by atoms with Gasteiger partial charge in [0.1, 0.15) is 5.75 Å². The summed E-state index contributed by atoms with van der Waals surface area (Å²) in [4.78, 5) is 2.12. The first-order valence-corrected chi connectivity index (χ1v) is 4.76. The van der Waals surface area contributed by atoms with Gasteiger partial charge in [-0.2, -0.15) is 0 Å². The van der Waals surface area contributed by atoms with Crippen molar-refractivity contribution in [1.29, 1.82) is 0 Å². The summed E-state index contributed by atoms with van der Waals surface area (Å²) in [6.45, 7) is 2.72. The molecule has 0 saturated heterocycles. The number of benzene rings is 1. The van der Waals surface area contributed by atoms with Crippen molar-refractivity contribution in [3.63, 3.8) is 0 Å². The summed E-state index contributed by atoms with van der Waals surface area (Å²) in [5.74, 6) is 0.885. The minimum absolute atomic E-state index is 0.311. The van der Waals surface area contributed by atoms with Crippen LogP contribution in [0.15, 0.2) is 24.3 Å². The van der Waals surface area contributed by atoms with Crippen LogP contribution in [0.4, 0.5) is 5.69 Å². The van der Waals surface area contributed by atoms with Crippen LogP contribution in [0.2, 0.25) is 0 Å². The third-order valence-electron chi connectivity index (χ3n) is 2.47. The fraction of sp³-hybridized carbons (Fsp3) is 0.455. The lowest BCUT2D eigenvalue weighted by Gasteiger charge is -2.27. The second-order valence-electron chi connectivity index (χ2n) is 3.37. The van der Waals surface area contributed by atoms with Crippen molar-refractivity contribution in [1.82, 2.24) is 0 Å². The minimum Gasteiger partial charge on any atom is -0.495 e. The van der Waals surface area contributed by atoms with E-state index in [0.29, 0.717) is 12.6 Å². The average molecular weight is 194 g/mol. The molecule has 0 saturated carbocycles. The average Bonchev–Trinajstić information content (AvgIpc) is 2.26. The van der Waals surface area contributed by atoms with Gasteiger partial charge in [0.25, 0.3) is 0 Å². The van der Waals surface area contributed by atoms with E-state index in [1.165, 1.54) is 0 Å². The molecule has 0 aliphatic rings. The molecular formula is C11H18N2O. The van der Waals surface area contributed by atoms with Gasteiger partial charge >= 0.3 is 0 Å². The number of ether oxygens (including phenoxy) is 1. The predicted molar refractivity (Wildman–Crippen MR) is 59.9 cm³/mol. The van der Waals surface area contributed by atoms with E-state index in [0.717, 1.165) is 11.4 Å². The number of anilines is 1. The number of likely N-dealkylation sites (N-methyl/N-ethyl adjacent to an activating group) is 1. The standard InChI is InChI=1S/C11H18N2O/c1-9(8-12)13(2)10-6-4-5-7-11(10)14-3/h4-7,9H,8,12H2,1-3H3. The molecule has 3 heteroatoms. The van der Waals surface area contributed by atoms with Gasteiger partial charge in [0, 0.05) is 19.6 Å². The molecule has 0 aromatic heterocycles. The summed E-state index contributed by atoms with van der Waals surface area (Å²) in [7, 11) is 3.70. The zero-order chi connectivity index (χ0) is 10.6. The molecule has 78 valence electrons. The topological polar surface area (TPSA) is 38.5 Å². The molecule has 1 unspecified atom stereocenters. The van der Waals surface area contributed by atoms with Gasteiger partial charge in [0.2, 0.25) is 0 Å². The molecule has 1 atom stereocenters. The van der Waals surface area contributed by atoms with Crippen molar-refractivity contribution in [2.45, 2.75) is 13.0 Å². The molecule has 14 heavy (non-hydrogen) atoms. The zero-order valence-electron chi connectivity index (χ0n) is 9.03. The maximum absolute atomic E-state index is 5.62. The highest BCUT2D eigenvalue weighted by molar-refractivity contribution is 5.58. The van der Waals surface area contributed by atoms with Crippen LogP contribution in [0, 0.1) is 0 Å².